The molecule has 0 aromatic carbocycles. The van der Waals surface area contributed by atoms with Crippen molar-refractivity contribution in [1.82, 2.24) is 14.9 Å². The molecule has 3 rings (SSSR count). The van der Waals surface area contributed by atoms with Crippen molar-refractivity contribution in [3.63, 3.8) is 0 Å². The molecule has 0 amide bonds. The number of carbonyl (C=O) groups is 1. The van der Waals surface area contributed by atoms with Crippen molar-refractivity contribution in [2.45, 2.75) is 58.0 Å². The predicted molar refractivity (Wildman–Crippen MR) is 107 cm³/mol. The summed E-state index contributed by atoms with van der Waals surface area (Å²) in [7, 11) is 0. The number of nitrogen functional groups attached to an aromatic ring is 1. The second-order valence-electron chi connectivity index (χ2n) is 7.32. The van der Waals surface area contributed by atoms with Crippen LogP contribution in [0.5, 0.6) is 6.01 Å². The minimum Gasteiger partial charge on any atom is -0.463 e. The van der Waals surface area contributed by atoms with Crippen LogP contribution in [0.2, 0.25) is 0 Å². The Kier molecular flexibility index (Phi) is 7.09. The Balaban J connectivity index is 1.59. The normalized spacial score (nSPS) is 19.6. The van der Waals surface area contributed by atoms with Gasteiger partial charge in [-0.15, -0.1) is 0 Å². The van der Waals surface area contributed by atoms with E-state index in [1.807, 2.05) is 4.90 Å². The molecule has 27 heavy (non-hydrogen) atoms. The van der Waals surface area contributed by atoms with Gasteiger partial charge >= 0.3 is 6.01 Å². The highest BCUT2D eigenvalue weighted by Crippen LogP contribution is 2.37. The van der Waals surface area contributed by atoms with Gasteiger partial charge in [-0.2, -0.15) is 9.97 Å². The summed E-state index contributed by atoms with van der Waals surface area (Å²) in [5.41, 5.74) is 6.70. The number of ether oxygens (including phenoxy) is 1. The van der Waals surface area contributed by atoms with Gasteiger partial charge in [-0.3, -0.25) is 4.79 Å². The van der Waals surface area contributed by atoms with E-state index in [2.05, 4.69) is 27.1 Å². The Morgan fingerprint density at radius 2 is 1.96 bits per heavy atom. The van der Waals surface area contributed by atoms with Gasteiger partial charge in [-0.05, 0) is 51.7 Å². The van der Waals surface area contributed by atoms with E-state index < -0.39 is 6.17 Å². The first-order chi connectivity index (χ1) is 13.2. The zero-order chi connectivity index (χ0) is 19.1. The third-order valence-corrected chi connectivity index (χ3v) is 5.23. The van der Waals surface area contributed by atoms with E-state index in [1.54, 1.807) is 0 Å². The molecule has 0 saturated carbocycles. The summed E-state index contributed by atoms with van der Waals surface area (Å²) < 4.78 is 5.62. The third-order valence-electron chi connectivity index (χ3n) is 5.23. The van der Waals surface area contributed by atoms with Crippen molar-refractivity contribution in [3.05, 3.63) is 0 Å². The van der Waals surface area contributed by atoms with Crippen LogP contribution in [-0.4, -0.2) is 60.1 Å². The number of carbonyl (C=O) groups excluding carboxylic acids is 1. The van der Waals surface area contributed by atoms with Gasteiger partial charge in [0.05, 0.1) is 6.61 Å². The Morgan fingerprint density at radius 1 is 1.19 bits per heavy atom. The molecule has 2 aliphatic rings. The number of nitrogens with two attached hydrogens (primary N) is 1. The molecule has 0 bridgehead atoms. The average Bonchev–Trinajstić information content (AvgIpc) is 3.04. The zero-order valence-corrected chi connectivity index (χ0v) is 16.3. The second-order valence-corrected chi connectivity index (χ2v) is 7.32. The average molecular weight is 377 g/mol. The first kappa shape index (κ1) is 19.7. The monoisotopic (exact) mass is 376 g/mol. The maximum Gasteiger partial charge on any atom is 0.320 e. The molecule has 150 valence electrons. The number of hydrogen-bond acceptors (Lipinski definition) is 8. The Bertz CT molecular complexity index is 620. The minimum atomic E-state index is -0.447. The topological polar surface area (TPSA) is 96.6 Å². The molecule has 0 radical (unpaired) electrons. The lowest BCUT2D eigenvalue weighted by Crippen LogP contribution is -2.38. The number of rotatable bonds is 10. The van der Waals surface area contributed by atoms with Crippen LogP contribution in [0.1, 0.15) is 51.9 Å². The molecule has 1 aromatic heterocycles. The number of nitrogens with one attached hydrogen (secondary N) is 1. The van der Waals surface area contributed by atoms with E-state index in [0.29, 0.717) is 23.9 Å². The maximum atomic E-state index is 11.5. The number of nitrogens with zero attached hydrogens (tertiary/aromatic N) is 4. The molecule has 8 nitrogen and oxygen atoms in total. The van der Waals surface area contributed by atoms with E-state index in [9.17, 15) is 4.79 Å². The van der Waals surface area contributed by atoms with E-state index in [4.69, 9.17) is 10.5 Å². The number of aromatic nitrogens is 2. The van der Waals surface area contributed by atoms with Crippen LogP contribution in [0.3, 0.4) is 0 Å². The number of aldehydes is 1. The SMILES string of the molecule is CCCCOc1nc(N)c2c(n1)N(CCCCN1CCCCC1)C(C=O)N2. The molecule has 0 aliphatic carbocycles. The smallest absolute Gasteiger partial charge is 0.320 e. The molecule has 8 heteroatoms. The van der Waals surface area contributed by atoms with Gasteiger partial charge in [0.2, 0.25) is 0 Å². The first-order valence-corrected chi connectivity index (χ1v) is 10.2. The van der Waals surface area contributed by atoms with Crippen LogP contribution >= 0.6 is 0 Å². The summed E-state index contributed by atoms with van der Waals surface area (Å²) in [6.07, 6.45) is 8.52. The minimum absolute atomic E-state index is 0.284. The van der Waals surface area contributed by atoms with Crippen LogP contribution in [0.4, 0.5) is 17.3 Å². The van der Waals surface area contributed by atoms with Crippen LogP contribution in [0.25, 0.3) is 0 Å². The van der Waals surface area contributed by atoms with Gasteiger partial charge in [0.1, 0.15) is 5.69 Å². The molecule has 3 N–H and O–H groups in total. The molecule has 1 saturated heterocycles. The predicted octanol–water partition coefficient (Wildman–Crippen LogP) is 2.26. The van der Waals surface area contributed by atoms with E-state index in [-0.39, 0.29) is 6.01 Å². The summed E-state index contributed by atoms with van der Waals surface area (Å²) in [5, 5.41) is 3.13. The van der Waals surface area contributed by atoms with Crippen molar-refractivity contribution in [2.24, 2.45) is 0 Å². The highest BCUT2D eigenvalue weighted by molar-refractivity contribution is 5.87. The largest absolute Gasteiger partial charge is 0.463 e. The summed E-state index contributed by atoms with van der Waals surface area (Å²) in [6, 6.07) is 0.284. The molecular formula is C19H32N6O2. The van der Waals surface area contributed by atoms with Crippen LogP contribution in [-0.2, 0) is 4.79 Å². The number of hydrogen-bond donors (Lipinski definition) is 2. The summed E-state index contributed by atoms with van der Waals surface area (Å²) in [4.78, 5) is 24.8. The third kappa shape index (κ3) is 5.00. The maximum absolute atomic E-state index is 11.5. The van der Waals surface area contributed by atoms with Crippen LogP contribution in [0.15, 0.2) is 0 Å². The van der Waals surface area contributed by atoms with Crippen molar-refractivity contribution in [3.8, 4) is 6.01 Å². The fourth-order valence-corrected chi connectivity index (χ4v) is 3.67. The fourth-order valence-electron chi connectivity index (χ4n) is 3.67. The number of anilines is 3. The Morgan fingerprint density at radius 3 is 2.70 bits per heavy atom. The van der Waals surface area contributed by atoms with Crippen molar-refractivity contribution in [2.75, 3.05) is 48.7 Å². The molecule has 1 unspecified atom stereocenters. The standard InChI is InChI=1S/C19H32N6O2/c1-2-3-13-27-19-22-17(20)16-18(23-19)25(15(14-26)21-16)12-8-7-11-24-9-5-4-6-10-24/h14-15,21H,2-13H2,1H3,(H2,20,22,23). The lowest BCUT2D eigenvalue weighted by Gasteiger charge is -2.27. The van der Waals surface area contributed by atoms with E-state index in [1.165, 1.54) is 32.4 Å². The second kappa shape index (κ2) is 9.73. The summed E-state index contributed by atoms with van der Waals surface area (Å²) in [6.45, 7) is 6.97. The first-order valence-electron chi connectivity index (χ1n) is 10.2. The van der Waals surface area contributed by atoms with Crippen molar-refractivity contribution >= 4 is 23.6 Å². The van der Waals surface area contributed by atoms with Gasteiger partial charge in [0, 0.05) is 6.54 Å². The quantitative estimate of drug-likeness (QED) is 0.474. The summed E-state index contributed by atoms with van der Waals surface area (Å²) >= 11 is 0. The fraction of sp³-hybridized carbons (Fsp3) is 0.737. The summed E-state index contributed by atoms with van der Waals surface area (Å²) in [5.74, 6) is 0.998. The molecule has 2 aliphatic heterocycles. The number of unbranched alkanes of at least 4 members (excludes halogenated alkanes) is 2. The van der Waals surface area contributed by atoms with Gasteiger partial charge in [-0.1, -0.05) is 19.8 Å². The lowest BCUT2D eigenvalue weighted by molar-refractivity contribution is -0.108. The van der Waals surface area contributed by atoms with Crippen LogP contribution < -0.4 is 20.7 Å². The Hall–Kier alpha value is -2.09. The van der Waals surface area contributed by atoms with Crippen molar-refractivity contribution < 1.29 is 9.53 Å². The van der Waals surface area contributed by atoms with Gasteiger partial charge in [0.15, 0.2) is 24.1 Å². The van der Waals surface area contributed by atoms with E-state index >= 15 is 0 Å². The molecule has 1 aromatic rings. The molecule has 1 fully saturated rings. The van der Waals surface area contributed by atoms with Crippen LogP contribution in [0, 0.1) is 0 Å². The highest BCUT2D eigenvalue weighted by atomic mass is 16.5. The van der Waals surface area contributed by atoms with Crippen molar-refractivity contribution in [1.29, 1.82) is 0 Å². The molecule has 3 heterocycles. The van der Waals surface area contributed by atoms with Gasteiger partial charge in [-0.25, -0.2) is 0 Å². The zero-order valence-electron chi connectivity index (χ0n) is 16.3. The lowest BCUT2D eigenvalue weighted by atomic mass is 10.1. The molecule has 0 spiro atoms. The Labute approximate surface area is 161 Å². The molecular weight excluding hydrogens is 344 g/mol. The van der Waals surface area contributed by atoms with Gasteiger partial charge < -0.3 is 25.6 Å². The highest BCUT2D eigenvalue weighted by Gasteiger charge is 2.32. The van der Waals surface area contributed by atoms with E-state index in [0.717, 1.165) is 45.1 Å². The number of fused-ring (bicyclic) bond motifs is 1. The van der Waals surface area contributed by atoms with Gasteiger partial charge in [0.25, 0.3) is 0 Å². The molecule has 1 atom stereocenters. The number of likely N-dealkylation sites (tertiary alicyclic amines) is 1. The number of piperidine rings is 1.